The highest BCUT2D eigenvalue weighted by atomic mass is 16.1. The molecule has 3 rings (SSSR count). The molecule has 0 saturated heterocycles. The topological polar surface area (TPSA) is 22.0 Å². The van der Waals surface area contributed by atoms with Crippen LogP contribution in [-0.2, 0) is 6.54 Å². The average Bonchev–Trinajstić information content (AvgIpc) is 2.83. The Balaban J connectivity index is 1.70. The fraction of sp³-hybridized carbons (Fsp3) is 0.615. The molecule has 2 heteroatoms. The molecule has 0 aliphatic heterocycles. The first kappa shape index (κ1) is 9.20. The van der Waals surface area contributed by atoms with E-state index in [9.17, 15) is 4.79 Å². The molecule has 3 atom stereocenters. The molecule has 0 N–H and O–H groups in total. The Morgan fingerprint density at radius 3 is 2.60 bits per heavy atom. The van der Waals surface area contributed by atoms with E-state index in [4.69, 9.17) is 0 Å². The first-order valence-corrected chi connectivity index (χ1v) is 5.97. The maximum Gasteiger partial charge on any atom is 0.181 e. The Hall–Kier alpha value is -1.05. The van der Waals surface area contributed by atoms with Gasteiger partial charge in [-0.05, 0) is 37.0 Å². The van der Waals surface area contributed by atoms with E-state index in [1.165, 1.54) is 25.7 Å². The monoisotopic (exact) mass is 203 g/mol. The largest absolute Gasteiger partial charge is 0.354 e. The molecular formula is C13H17NO. The minimum atomic E-state index is 0.110. The van der Waals surface area contributed by atoms with Gasteiger partial charge in [0.05, 0.1) is 0 Å². The maximum absolute atomic E-state index is 11.0. The Labute approximate surface area is 89.9 Å². The zero-order valence-corrected chi connectivity index (χ0v) is 8.93. The van der Waals surface area contributed by atoms with E-state index in [1.54, 1.807) is 12.1 Å². The van der Waals surface area contributed by atoms with Crippen LogP contribution in [0.15, 0.2) is 29.3 Å². The molecule has 0 aromatic carbocycles. The molecule has 2 bridgehead atoms. The van der Waals surface area contributed by atoms with Crippen LogP contribution in [0, 0.1) is 17.8 Å². The number of nitrogens with zero attached hydrogens (tertiary/aromatic N) is 1. The van der Waals surface area contributed by atoms with Crippen molar-refractivity contribution in [3.05, 3.63) is 34.7 Å². The third-order valence-electron chi connectivity index (χ3n) is 4.19. The molecule has 0 radical (unpaired) electrons. The lowest BCUT2D eigenvalue weighted by Gasteiger charge is -2.22. The summed E-state index contributed by atoms with van der Waals surface area (Å²) in [5.41, 5.74) is 0.110. The van der Waals surface area contributed by atoms with Crippen molar-refractivity contribution in [2.45, 2.75) is 32.2 Å². The van der Waals surface area contributed by atoms with Crippen LogP contribution < -0.4 is 5.43 Å². The highest BCUT2D eigenvalue weighted by Crippen LogP contribution is 2.48. The quantitative estimate of drug-likeness (QED) is 0.722. The van der Waals surface area contributed by atoms with Crippen molar-refractivity contribution in [1.29, 1.82) is 0 Å². The molecule has 0 amide bonds. The lowest BCUT2D eigenvalue weighted by atomic mass is 9.89. The van der Waals surface area contributed by atoms with Gasteiger partial charge in [0.15, 0.2) is 5.43 Å². The van der Waals surface area contributed by atoms with Gasteiger partial charge in [-0.3, -0.25) is 4.79 Å². The van der Waals surface area contributed by atoms with Gasteiger partial charge in [0.2, 0.25) is 0 Å². The van der Waals surface area contributed by atoms with Crippen LogP contribution in [0.25, 0.3) is 0 Å². The van der Waals surface area contributed by atoms with Gasteiger partial charge in [0.25, 0.3) is 0 Å². The van der Waals surface area contributed by atoms with Crippen LogP contribution in [0.3, 0.4) is 0 Å². The summed E-state index contributed by atoms with van der Waals surface area (Å²) in [5, 5.41) is 0. The van der Waals surface area contributed by atoms with Crippen LogP contribution in [0.1, 0.15) is 25.7 Å². The molecule has 2 aliphatic rings. The van der Waals surface area contributed by atoms with E-state index in [0.717, 1.165) is 24.3 Å². The summed E-state index contributed by atoms with van der Waals surface area (Å²) in [7, 11) is 0. The van der Waals surface area contributed by atoms with E-state index in [-0.39, 0.29) is 5.43 Å². The Kier molecular flexibility index (Phi) is 2.15. The number of aromatic nitrogens is 1. The summed E-state index contributed by atoms with van der Waals surface area (Å²) in [6.45, 7) is 1.11. The van der Waals surface area contributed by atoms with Crippen LogP contribution >= 0.6 is 0 Å². The highest BCUT2D eigenvalue weighted by Gasteiger charge is 2.39. The molecule has 2 nitrogen and oxygen atoms in total. The van der Waals surface area contributed by atoms with Crippen molar-refractivity contribution in [3.8, 4) is 0 Å². The Morgan fingerprint density at radius 1 is 1.20 bits per heavy atom. The van der Waals surface area contributed by atoms with Crippen LogP contribution in [0.5, 0.6) is 0 Å². The molecule has 1 aromatic heterocycles. The molecule has 0 spiro atoms. The van der Waals surface area contributed by atoms with Gasteiger partial charge < -0.3 is 4.57 Å². The van der Waals surface area contributed by atoms with Gasteiger partial charge in [-0.2, -0.15) is 0 Å². The highest BCUT2D eigenvalue weighted by molar-refractivity contribution is 4.96. The summed E-state index contributed by atoms with van der Waals surface area (Å²) in [5.74, 6) is 2.85. The molecule has 1 aromatic rings. The van der Waals surface area contributed by atoms with Crippen LogP contribution in [0.4, 0.5) is 0 Å². The first-order chi connectivity index (χ1) is 7.31. The van der Waals surface area contributed by atoms with Crippen molar-refractivity contribution >= 4 is 0 Å². The van der Waals surface area contributed by atoms with Gasteiger partial charge in [-0.15, -0.1) is 0 Å². The van der Waals surface area contributed by atoms with Crippen molar-refractivity contribution in [1.82, 2.24) is 4.57 Å². The zero-order chi connectivity index (χ0) is 10.3. The number of fused-ring (bicyclic) bond motifs is 2. The van der Waals surface area contributed by atoms with E-state index in [1.807, 2.05) is 12.4 Å². The van der Waals surface area contributed by atoms with Gasteiger partial charge in [0.1, 0.15) is 0 Å². The molecule has 3 unspecified atom stereocenters. The molecule has 2 aliphatic carbocycles. The van der Waals surface area contributed by atoms with Crippen LogP contribution in [-0.4, -0.2) is 4.57 Å². The van der Waals surface area contributed by atoms with Crippen molar-refractivity contribution < 1.29 is 0 Å². The van der Waals surface area contributed by atoms with Gasteiger partial charge in [0, 0.05) is 31.1 Å². The second kappa shape index (κ2) is 3.51. The van der Waals surface area contributed by atoms with E-state index in [2.05, 4.69) is 4.57 Å². The van der Waals surface area contributed by atoms with Crippen molar-refractivity contribution in [2.24, 2.45) is 17.8 Å². The molecular weight excluding hydrogens is 186 g/mol. The normalized spacial score (nSPS) is 33.5. The lowest BCUT2D eigenvalue weighted by molar-refractivity contribution is 0.295. The van der Waals surface area contributed by atoms with Gasteiger partial charge in [-0.25, -0.2) is 0 Å². The summed E-state index contributed by atoms with van der Waals surface area (Å²) in [6.07, 6.45) is 9.63. The van der Waals surface area contributed by atoms with Crippen molar-refractivity contribution in [2.75, 3.05) is 0 Å². The van der Waals surface area contributed by atoms with Crippen molar-refractivity contribution in [3.63, 3.8) is 0 Å². The van der Waals surface area contributed by atoms with Gasteiger partial charge >= 0.3 is 0 Å². The van der Waals surface area contributed by atoms with Crippen LogP contribution in [0.2, 0.25) is 0 Å². The summed E-state index contributed by atoms with van der Waals surface area (Å²) in [4.78, 5) is 11.0. The summed E-state index contributed by atoms with van der Waals surface area (Å²) >= 11 is 0. The fourth-order valence-electron chi connectivity index (χ4n) is 3.44. The minimum absolute atomic E-state index is 0.110. The standard InChI is InChI=1S/C13H17NO/c15-13-3-5-14(6-4-13)9-12-8-10-1-2-11(12)7-10/h3-6,10-12H,1-2,7-9H2. The van der Waals surface area contributed by atoms with E-state index in [0.29, 0.717) is 0 Å². The minimum Gasteiger partial charge on any atom is -0.354 e. The fourth-order valence-corrected chi connectivity index (χ4v) is 3.44. The lowest BCUT2D eigenvalue weighted by Crippen LogP contribution is -2.17. The molecule has 2 fully saturated rings. The maximum atomic E-state index is 11.0. The Morgan fingerprint density at radius 2 is 2.00 bits per heavy atom. The van der Waals surface area contributed by atoms with E-state index >= 15 is 0 Å². The second-order valence-electron chi connectivity index (χ2n) is 5.17. The summed E-state index contributed by atoms with van der Waals surface area (Å²) in [6, 6.07) is 3.32. The predicted octanol–water partition coefficient (Wildman–Crippen LogP) is 2.28. The number of hydrogen-bond donors (Lipinski definition) is 0. The number of pyridine rings is 1. The smallest absolute Gasteiger partial charge is 0.181 e. The predicted molar refractivity (Wildman–Crippen MR) is 59.6 cm³/mol. The molecule has 2 saturated carbocycles. The summed E-state index contributed by atoms with van der Waals surface area (Å²) < 4.78 is 2.17. The Bertz CT molecular complexity index is 389. The second-order valence-corrected chi connectivity index (χ2v) is 5.17. The molecule has 1 heterocycles. The zero-order valence-electron chi connectivity index (χ0n) is 8.93. The number of hydrogen-bond acceptors (Lipinski definition) is 1. The first-order valence-electron chi connectivity index (χ1n) is 5.97. The molecule has 80 valence electrons. The SMILES string of the molecule is O=c1ccn(CC2CC3CCC2C3)cc1. The third kappa shape index (κ3) is 1.73. The van der Waals surface area contributed by atoms with Gasteiger partial charge in [-0.1, -0.05) is 6.42 Å². The average molecular weight is 203 g/mol. The van der Waals surface area contributed by atoms with E-state index < -0.39 is 0 Å². The third-order valence-corrected chi connectivity index (χ3v) is 4.19. The molecule has 15 heavy (non-hydrogen) atoms. The number of rotatable bonds is 2.